The second kappa shape index (κ2) is 3.63. The molecular weight excluding hydrogens is 229 g/mol. The van der Waals surface area contributed by atoms with E-state index in [4.69, 9.17) is 5.73 Å². The maximum absolute atomic E-state index is 13.5. The predicted molar refractivity (Wildman–Crippen MR) is 61.0 cm³/mol. The Bertz CT molecular complexity index is 445. The Morgan fingerprint density at radius 3 is 2.35 bits per heavy atom. The lowest BCUT2D eigenvalue weighted by Crippen LogP contribution is -2.29. The average Bonchev–Trinajstić information content (AvgIpc) is 2.82. The van der Waals surface area contributed by atoms with Crippen LogP contribution in [0.5, 0.6) is 0 Å². The molecule has 1 saturated carbocycles. The summed E-state index contributed by atoms with van der Waals surface area (Å²) < 4.78 is 40.1. The summed E-state index contributed by atoms with van der Waals surface area (Å²) in [5.41, 5.74) is 5.06. The summed E-state index contributed by atoms with van der Waals surface area (Å²) in [5.74, 6) is -3.22. The molecule has 0 aliphatic heterocycles. The number of nitrogens with two attached hydrogens (primary N) is 1. The number of hydrogen-bond donors (Lipinski definition) is 1. The molecule has 2 nitrogen and oxygen atoms in total. The van der Waals surface area contributed by atoms with Crippen molar-refractivity contribution >= 4 is 5.69 Å². The van der Waals surface area contributed by atoms with Gasteiger partial charge in [0.15, 0.2) is 0 Å². The number of alkyl halides is 2. The zero-order valence-corrected chi connectivity index (χ0v) is 9.80. The Hall–Kier alpha value is -1.23. The Labute approximate surface area is 98.2 Å². The molecule has 1 aromatic rings. The van der Waals surface area contributed by atoms with E-state index in [0.29, 0.717) is 11.3 Å². The highest BCUT2D eigenvalue weighted by Gasteiger charge is 2.71. The standard InChI is InChI=1S/C12H15F3N2/c1-17(2)10-5-8(13)3-4-9(10)11(7-16)6-12(11,14)15/h3-5H,6-7,16H2,1-2H3. The number of nitrogens with zero attached hydrogens (tertiary/aromatic N) is 1. The van der Waals surface area contributed by atoms with Crippen molar-refractivity contribution in [2.24, 2.45) is 5.73 Å². The van der Waals surface area contributed by atoms with Crippen molar-refractivity contribution in [3.05, 3.63) is 29.6 Å². The third-order valence-electron chi connectivity index (χ3n) is 3.40. The highest BCUT2D eigenvalue weighted by atomic mass is 19.3. The average molecular weight is 244 g/mol. The molecule has 0 bridgehead atoms. The van der Waals surface area contributed by atoms with Crippen molar-refractivity contribution in [1.82, 2.24) is 0 Å². The van der Waals surface area contributed by atoms with Gasteiger partial charge in [0.25, 0.3) is 5.92 Å². The molecule has 1 aromatic carbocycles. The van der Waals surface area contributed by atoms with Crippen molar-refractivity contribution in [2.45, 2.75) is 17.8 Å². The molecule has 17 heavy (non-hydrogen) atoms. The topological polar surface area (TPSA) is 29.3 Å². The summed E-state index contributed by atoms with van der Waals surface area (Å²) in [6.07, 6.45) is -0.261. The minimum atomic E-state index is -2.79. The summed E-state index contributed by atoms with van der Waals surface area (Å²) in [7, 11) is 3.39. The van der Waals surface area contributed by atoms with E-state index in [-0.39, 0.29) is 13.0 Å². The molecule has 0 saturated heterocycles. The zero-order valence-electron chi connectivity index (χ0n) is 9.80. The largest absolute Gasteiger partial charge is 0.377 e. The quantitative estimate of drug-likeness (QED) is 0.882. The molecule has 2 N–H and O–H groups in total. The van der Waals surface area contributed by atoms with Crippen LogP contribution in [0.15, 0.2) is 18.2 Å². The molecule has 0 aromatic heterocycles. The molecule has 1 aliphatic rings. The fourth-order valence-electron chi connectivity index (χ4n) is 2.24. The number of rotatable bonds is 3. The SMILES string of the molecule is CN(C)c1cc(F)ccc1C1(CN)CC1(F)F. The maximum Gasteiger partial charge on any atom is 0.260 e. The number of benzene rings is 1. The molecule has 0 radical (unpaired) electrons. The Balaban J connectivity index is 2.53. The van der Waals surface area contributed by atoms with Crippen LogP contribution in [0.25, 0.3) is 0 Å². The molecule has 1 aliphatic carbocycles. The minimum Gasteiger partial charge on any atom is -0.377 e. The molecule has 1 atom stereocenters. The first-order valence-corrected chi connectivity index (χ1v) is 5.39. The van der Waals surface area contributed by atoms with Crippen LogP contribution in [-0.2, 0) is 5.41 Å². The second-order valence-corrected chi connectivity index (χ2v) is 4.72. The Morgan fingerprint density at radius 1 is 1.35 bits per heavy atom. The lowest BCUT2D eigenvalue weighted by atomic mass is 9.93. The van der Waals surface area contributed by atoms with Crippen molar-refractivity contribution in [3.8, 4) is 0 Å². The van der Waals surface area contributed by atoms with Gasteiger partial charge in [-0.05, 0) is 17.7 Å². The van der Waals surface area contributed by atoms with Crippen LogP contribution in [0, 0.1) is 5.82 Å². The van der Waals surface area contributed by atoms with Crippen molar-refractivity contribution < 1.29 is 13.2 Å². The number of halogens is 3. The first-order chi connectivity index (χ1) is 7.84. The van der Waals surface area contributed by atoms with E-state index in [1.54, 1.807) is 19.0 Å². The zero-order chi connectivity index (χ0) is 12.8. The van der Waals surface area contributed by atoms with Crippen LogP contribution in [-0.4, -0.2) is 26.6 Å². The third-order valence-corrected chi connectivity index (χ3v) is 3.40. The summed E-state index contributed by atoms with van der Waals surface area (Å²) in [4.78, 5) is 1.63. The number of hydrogen-bond acceptors (Lipinski definition) is 2. The van der Waals surface area contributed by atoms with Gasteiger partial charge in [-0.25, -0.2) is 13.2 Å². The van der Waals surface area contributed by atoms with Crippen molar-refractivity contribution in [1.29, 1.82) is 0 Å². The van der Waals surface area contributed by atoms with Crippen molar-refractivity contribution in [3.63, 3.8) is 0 Å². The Morgan fingerprint density at radius 2 is 1.94 bits per heavy atom. The molecule has 1 fully saturated rings. The Kier molecular flexibility index (Phi) is 2.61. The van der Waals surface area contributed by atoms with E-state index in [1.165, 1.54) is 18.2 Å². The first kappa shape index (κ1) is 12.2. The first-order valence-electron chi connectivity index (χ1n) is 5.39. The minimum absolute atomic E-state index is 0.132. The van der Waals surface area contributed by atoms with E-state index in [2.05, 4.69) is 0 Å². The van der Waals surface area contributed by atoms with Gasteiger partial charge in [0.2, 0.25) is 0 Å². The molecule has 2 rings (SSSR count). The lowest BCUT2D eigenvalue weighted by molar-refractivity contribution is 0.0897. The van der Waals surface area contributed by atoms with Crippen molar-refractivity contribution in [2.75, 3.05) is 25.5 Å². The molecule has 94 valence electrons. The van der Waals surface area contributed by atoms with Crippen LogP contribution in [0.1, 0.15) is 12.0 Å². The van der Waals surface area contributed by atoms with Gasteiger partial charge in [0.05, 0.1) is 5.41 Å². The molecular formula is C12H15F3N2. The molecule has 5 heteroatoms. The summed E-state index contributed by atoms with van der Waals surface area (Å²) in [6, 6.07) is 3.88. The van der Waals surface area contributed by atoms with E-state index in [1.807, 2.05) is 0 Å². The smallest absolute Gasteiger partial charge is 0.260 e. The van der Waals surface area contributed by atoms with Gasteiger partial charge < -0.3 is 10.6 Å². The summed E-state index contributed by atoms with van der Waals surface area (Å²) >= 11 is 0. The van der Waals surface area contributed by atoms with Gasteiger partial charge in [-0.15, -0.1) is 0 Å². The van der Waals surface area contributed by atoms with Gasteiger partial charge in [-0.2, -0.15) is 0 Å². The van der Waals surface area contributed by atoms with Crippen LogP contribution in [0.2, 0.25) is 0 Å². The van der Waals surface area contributed by atoms with Crippen LogP contribution < -0.4 is 10.6 Å². The normalized spacial score (nSPS) is 25.8. The third kappa shape index (κ3) is 1.69. The van der Waals surface area contributed by atoms with E-state index in [9.17, 15) is 13.2 Å². The summed E-state index contributed by atoms with van der Waals surface area (Å²) in [5, 5.41) is 0. The summed E-state index contributed by atoms with van der Waals surface area (Å²) in [6.45, 7) is -0.132. The lowest BCUT2D eigenvalue weighted by Gasteiger charge is -2.23. The molecule has 0 amide bonds. The molecule has 0 spiro atoms. The maximum atomic E-state index is 13.5. The van der Waals surface area contributed by atoms with Gasteiger partial charge in [0, 0.05) is 32.7 Å². The fourth-order valence-corrected chi connectivity index (χ4v) is 2.24. The van der Waals surface area contributed by atoms with Gasteiger partial charge in [-0.1, -0.05) is 6.07 Å². The highest BCUT2D eigenvalue weighted by molar-refractivity contribution is 5.60. The monoisotopic (exact) mass is 244 g/mol. The van der Waals surface area contributed by atoms with Crippen LogP contribution in [0.3, 0.4) is 0 Å². The van der Waals surface area contributed by atoms with E-state index < -0.39 is 17.2 Å². The molecule has 0 heterocycles. The van der Waals surface area contributed by atoms with Crippen LogP contribution in [0.4, 0.5) is 18.9 Å². The van der Waals surface area contributed by atoms with Gasteiger partial charge in [-0.3, -0.25) is 0 Å². The fraction of sp³-hybridized carbons (Fsp3) is 0.500. The molecule has 1 unspecified atom stereocenters. The van der Waals surface area contributed by atoms with E-state index >= 15 is 0 Å². The highest BCUT2D eigenvalue weighted by Crippen LogP contribution is 2.62. The van der Waals surface area contributed by atoms with Crippen LogP contribution >= 0.6 is 0 Å². The second-order valence-electron chi connectivity index (χ2n) is 4.72. The van der Waals surface area contributed by atoms with Gasteiger partial charge >= 0.3 is 0 Å². The number of anilines is 1. The van der Waals surface area contributed by atoms with Gasteiger partial charge in [0.1, 0.15) is 5.82 Å². The predicted octanol–water partition coefficient (Wildman–Crippen LogP) is 2.13. The van der Waals surface area contributed by atoms with E-state index in [0.717, 1.165) is 0 Å².